The standard InChI is InChI=1S/C18H27N3O4/c1-4-19-18(23)20-17(22)12-21-8-7-13-9-15(24-5-2)16(25-6-3)10-14(13)11-21/h9-10H,4-8,11-12H2,1-3H3,(H2,19,20,22,23). The van der Waals surface area contributed by atoms with Gasteiger partial charge in [-0.3, -0.25) is 15.0 Å². The summed E-state index contributed by atoms with van der Waals surface area (Å²) in [6, 6.07) is 3.58. The summed E-state index contributed by atoms with van der Waals surface area (Å²) in [5.74, 6) is 1.20. The van der Waals surface area contributed by atoms with Gasteiger partial charge in [0.1, 0.15) is 0 Å². The number of nitrogens with zero attached hydrogens (tertiary/aromatic N) is 1. The van der Waals surface area contributed by atoms with Crippen molar-refractivity contribution < 1.29 is 19.1 Å². The Morgan fingerprint density at radius 3 is 2.32 bits per heavy atom. The number of amides is 3. The van der Waals surface area contributed by atoms with E-state index in [0.29, 0.717) is 26.3 Å². The van der Waals surface area contributed by atoms with Gasteiger partial charge in [-0.05, 0) is 50.5 Å². The third kappa shape index (κ3) is 5.35. The first-order valence-electron chi connectivity index (χ1n) is 8.78. The Bertz CT molecular complexity index is 619. The maximum atomic E-state index is 12.0. The Morgan fingerprint density at radius 1 is 1.08 bits per heavy atom. The molecule has 0 aliphatic carbocycles. The molecule has 0 saturated heterocycles. The summed E-state index contributed by atoms with van der Waals surface area (Å²) in [5.41, 5.74) is 2.34. The van der Waals surface area contributed by atoms with Gasteiger partial charge in [-0.25, -0.2) is 4.79 Å². The van der Waals surface area contributed by atoms with Crippen molar-refractivity contribution in [1.82, 2.24) is 15.5 Å². The number of benzene rings is 1. The molecule has 138 valence electrons. The number of rotatable bonds is 7. The van der Waals surface area contributed by atoms with E-state index in [2.05, 4.69) is 10.6 Å². The lowest BCUT2D eigenvalue weighted by Crippen LogP contribution is -2.45. The Morgan fingerprint density at radius 2 is 1.72 bits per heavy atom. The Hall–Kier alpha value is -2.28. The molecule has 0 unspecified atom stereocenters. The molecular weight excluding hydrogens is 322 g/mol. The average molecular weight is 349 g/mol. The molecule has 0 radical (unpaired) electrons. The molecule has 3 amide bonds. The van der Waals surface area contributed by atoms with Crippen LogP contribution in [0.5, 0.6) is 11.5 Å². The molecule has 7 heteroatoms. The van der Waals surface area contributed by atoms with Crippen LogP contribution in [0.4, 0.5) is 4.79 Å². The van der Waals surface area contributed by atoms with Crippen molar-refractivity contribution in [3.63, 3.8) is 0 Å². The second-order valence-corrected chi connectivity index (χ2v) is 5.80. The molecule has 0 fully saturated rings. The maximum Gasteiger partial charge on any atom is 0.321 e. The van der Waals surface area contributed by atoms with Crippen LogP contribution in [0.1, 0.15) is 31.9 Å². The highest BCUT2D eigenvalue weighted by Crippen LogP contribution is 2.33. The largest absolute Gasteiger partial charge is 0.490 e. The first-order chi connectivity index (χ1) is 12.1. The molecule has 0 bridgehead atoms. The number of carbonyl (C=O) groups is 2. The number of fused-ring (bicyclic) bond motifs is 1. The lowest BCUT2D eigenvalue weighted by molar-refractivity contribution is -0.121. The summed E-state index contributed by atoms with van der Waals surface area (Å²) >= 11 is 0. The normalized spacial score (nSPS) is 13.7. The third-order valence-electron chi connectivity index (χ3n) is 3.91. The van der Waals surface area contributed by atoms with E-state index in [0.717, 1.165) is 30.0 Å². The van der Waals surface area contributed by atoms with Crippen LogP contribution in [0.3, 0.4) is 0 Å². The van der Waals surface area contributed by atoms with Crippen LogP contribution in [0.15, 0.2) is 12.1 Å². The van der Waals surface area contributed by atoms with Crippen molar-refractivity contribution in [1.29, 1.82) is 0 Å². The number of nitrogens with one attached hydrogen (secondary N) is 2. The molecule has 1 heterocycles. The quantitative estimate of drug-likeness (QED) is 0.783. The first-order valence-corrected chi connectivity index (χ1v) is 8.78. The fourth-order valence-electron chi connectivity index (χ4n) is 2.87. The molecule has 25 heavy (non-hydrogen) atoms. The smallest absolute Gasteiger partial charge is 0.321 e. The lowest BCUT2D eigenvalue weighted by Gasteiger charge is -2.29. The summed E-state index contributed by atoms with van der Waals surface area (Å²) in [7, 11) is 0. The van der Waals surface area contributed by atoms with Crippen LogP contribution in [-0.4, -0.2) is 49.7 Å². The summed E-state index contributed by atoms with van der Waals surface area (Å²) in [4.78, 5) is 25.4. The molecule has 0 aromatic heterocycles. The van der Waals surface area contributed by atoms with Crippen LogP contribution in [0, 0.1) is 0 Å². The van der Waals surface area contributed by atoms with Gasteiger partial charge in [0.2, 0.25) is 5.91 Å². The molecule has 1 aliphatic rings. The van der Waals surface area contributed by atoms with Crippen molar-refractivity contribution in [2.45, 2.75) is 33.7 Å². The molecule has 1 aliphatic heterocycles. The second kappa shape index (κ2) is 9.27. The van der Waals surface area contributed by atoms with E-state index < -0.39 is 6.03 Å². The van der Waals surface area contributed by atoms with Gasteiger partial charge in [0.05, 0.1) is 19.8 Å². The zero-order chi connectivity index (χ0) is 18.2. The molecule has 0 spiro atoms. The van der Waals surface area contributed by atoms with E-state index in [9.17, 15) is 9.59 Å². The molecule has 1 aromatic rings. The zero-order valence-corrected chi connectivity index (χ0v) is 15.2. The van der Waals surface area contributed by atoms with Crippen molar-refractivity contribution >= 4 is 11.9 Å². The number of urea groups is 1. The predicted octanol–water partition coefficient (Wildman–Crippen LogP) is 1.69. The fourth-order valence-corrected chi connectivity index (χ4v) is 2.87. The van der Waals surface area contributed by atoms with E-state index in [1.165, 1.54) is 5.56 Å². The molecule has 0 atom stereocenters. The number of carbonyl (C=O) groups excluding carboxylic acids is 2. The summed E-state index contributed by atoms with van der Waals surface area (Å²) in [6.45, 7) is 8.92. The minimum absolute atomic E-state index is 0.188. The highest BCUT2D eigenvalue weighted by Gasteiger charge is 2.21. The van der Waals surface area contributed by atoms with Crippen LogP contribution >= 0.6 is 0 Å². The monoisotopic (exact) mass is 349 g/mol. The van der Waals surface area contributed by atoms with E-state index in [1.54, 1.807) is 6.92 Å². The van der Waals surface area contributed by atoms with Crippen LogP contribution < -0.4 is 20.1 Å². The minimum atomic E-state index is -0.454. The first kappa shape index (κ1) is 19.1. The number of hydrogen-bond acceptors (Lipinski definition) is 5. The average Bonchev–Trinajstić information content (AvgIpc) is 2.56. The van der Waals surface area contributed by atoms with Gasteiger partial charge in [0, 0.05) is 19.6 Å². The van der Waals surface area contributed by atoms with E-state index in [4.69, 9.17) is 9.47 Å². The van der Waals surface area contributed by atoms with Gasteiger partial charge in [0.15, 0.2) is 11.5 Å². The van der Waals surface area contributed by atoms with Crippen molar-refractivity contribution in [3.8, 4) is 11.5 Å². The van der Waals surface area contributed by atoms with Gasteiger partial charge in [-0.1, -0.05) is 0 Å². The highest BCUT2D eigenvalue weighted by molar-refractivity contribution is 5.95. The fraction of sp³-hybridized carbons (Fsp3) is 0.556. The molecule has 1 aromatic carbocycles. The molecule has 0 saturated carbocycles. The van der Waals surface area contributed by atoms with Gasteiger partial charge < -0.3 is 14.8 Å². The maximum absolute atomic E-state index is 12.0. The number of hydrogen-bond donors (Lipinski definition) is 2. The lowest BCUT2D eigenvalue weighted by atomic mass is 9.99. The Labute approximate surface area is 148 Å². The second-order valence-electron chi connectivity index (χ2n) is 5.80. The molecule has 2 N–H and O–H groups in total. The van der Waals surface area contributed by atoms with Gasteiger partial charge in [-0.2, -0.15) is 0 Å². The molecular formula is C18H27N3O4. The predicted molar refractivity (Wildman–Crippen MR) is 95.0 cm³/mol. The number of imide groups is 1. The topological polar surface area (TPSA) is 79.9 Å². The Kier molecular flexibility index (Phi) is 7.06. The Balaban J connectivity index is 2.03. The van der Waals surface area contributed by atoms with Crippen LogP contribution in [0.25, 0.3) is 0 Å². The van der Waals surface area contributed by atoms with E-state index in [-0.39, 0.29) is 12.5 Å². The van der Waals surface area contributed by atoms with E-state index in [1.807, 2.05) is 30.9 Å². The number of ether oxygens (including phenoxy) is 2. The van der Waals surface area contributed by atoms with Gasteiger partial charge >= 0.3 is 6.03 Å². The minimum Gasteiger partial charge on any atom is -0.490 e. The SMILES string of the molecule is CCNC(=O)NC(=O)CN1CCc2cc(OCC)c(OCC)cc2C1. The van der Waals surface area contributed by atoms with Gasteiger partial charge in [0.25, 0.3) is 0 Å². The summed E-state index contributed by atoms with van der Waals surface area (Å²) < 4.78 is 11.3. The third-order valence-corrected chi connectivity index (χ3v) is 3.91. The highest BCUT2D eigenvalue weighted by atomic mass is 16.5. The zero-order valence-electron chi connectivity index (χ0n) is 15.2. The van der Waals surface area contributed by atoms with Crippen LogP contribution in [0.2, 0.25) is 0 Å². The van der Waals surface area contributed by atoms with Crippen molar-refractivity contribution in [3.05, 3.63) is 23.3 Å². The molecule has 7 nitrogen and oxygen atoms in total. The van der Waals surface area contributed by atoms with Crippen LogP contribution in [-0.2, 0) is 17.8 Å². The van der Waals surface area contributed by atoms with Gasteiger partial charge in [-0.15, -0.1) is 0 Å². The summed E-state index contributed by atoms with van der Waals surface area (Å²) in [6.07, 6.45) is 0.830. The van der Waals surface area contributed by atoms with Crippen molar-refractivity contribution in [2.75, 3.05) is 32.8 Å². The summed E-state index contributed by atoms with van der Waals surface area (Å²) in [5, 5.41) is 4.88. The van der Waals surface area contributed by atoms with E-state index >= 15 is 0 Å². The molecule has 2 rings (SSSR count). The van der Waals surface area contributed by atoms with Crippen molar-refractivity contribution in [2.24, 2.45) is 0 Å².